The molecule has 2 rings (SSSR count). The molecule has 1 aromatic rings. The van der Waals surface area contributed by atoms with Gasteiger partial charge in [0.2, 0.25) is 5.91 Å². The van der Waals surface area contributed by atoms with Gasteiger partial charge in [0.15, 0.2) is 5.96 Å². The summed E-state index contributed by atoms with van der Waals surface area (Å²) in [5.74, 6) is 0.815. The zero-order valence-electron chi connectivity index (χ0n) is 13.1. The first kappa shape index (κ1) is 15.4. The fraction of sp³-hybridized carbons (Fsp3) is 0.500. The number of fused-ring (bicyclic) bond motifs is 1. The third kappa shape index (κ3) is 3.74. The molecule has 0 saturated carbocycles. The predicted molar refractivity (Wildman–Crippen MR) is 86.8 cm³/mol. The van der Waals surface area contributed by atoms with Crippen LogP contribution in [0.15, 0.2) is 29.3 Å². The second-order valence-electron chi connectivity index (χ2n) is 5.39. The smallest absolute Gasteiger partial charge is 0.243 e. The quantitative estimate of drug-likeness (QED) is 0.674. The highest BCUT2D eigenvalue weighted by Crippen LogP contribution is 2.27. The number of anilines is 1. The fourth-order valence-electron chi connectivity index (χ4n) is 2.32. The van der Waals surface area contributed by atoms with Gasteiger partial charge in [-0.15, -0.1) is 0 Å². The van der Waals surface area contributed by atoms with Gasteiger partial charge in [0.25, 0.3) is 0 Å². The molecular formula is C16H24N4O. The highest BCUT2D eigenvalue weighted by Gasteiger charge is 2.22. The molecule has 1 aliphatic heterocycles. The standard InChI is InChI=1S/C16H24N4O/c1-4-10-17-16(18-12-15(21)19(2)3)20-11-9-13-7-5-6-8-14(13)20/h5-8H,4,9-12H2,1-3H3,(H,17,18). The summed E-state index contributed by atoms with van der Waals surface area (Å²) in [5.41, 5.74) is 2.53. The number of likely N-dealkylation sites (N-methyl/N-ethyl adjacent to an activating group) is 1. The average molecular weight is 288 g/mol. The van der Waals surface area contributed by atoms with Crippen LogP contribution in [0, 0.1) is 0 Å². The molecule has 0 saturated heterocycles. The zero-order valence-corrected chi connectivity index (χ0v) is 13.1. The van der Waals surface area contributed by atoms with Gasteiger partial charge in [-0.2, -0.15) is 0 Å². The van der Waals surface area contributed by atoms with Gasteiger partial charge in [0, 0.05) is 32.9 Å². The van der Waals surface area contributed by atoms with Crippen LogP contribution in [-0.2, 0) is 11.2 Å². The summed E-state index contributed by atoms with van der Waals surface area (Å²) >= 11 is 0. The van der Waals surface area contributed by atoms with Crippen LogP contribution in [0.5, 0.6) is 0 Å². The van der Waals surface area contributed by atoms with Gasteiger partial charge in [0.05, 0.1) is 0 Å². The van der Waals surface area contributed by atoms with E-state index in [1.807, 2.05) is 6.07 Å². The van der Waals surface area contributed by atoms with E-state index in [-0.39, 0.29) is 12.5 Å². The number of amides is 1. The maximum Gasteiger partial charge on any atom is 0.243 e. The Morgan fingerprint density at radius 1 is 1.38 bits per heavy atom. The van der Waals surface area contributed by atoms with Crippen LogP contribution in [0.3, 0.4) is 0 Å². The van der Waals surface area contributed by atoms with Gasteiger partial charge in [-0.25, -0.2) is 4.99 Å². The monoisotopic (exact) mass is 288 g/mol. The summed E-state index contributed by atoms with van der Waals surface area (Å²) in [5, 5.41) is 3.35. The minimum Gasteiger partial charge on any atom is -0.356 e. The molecule has 114 valence electrons. The molecule has 5 heteroatoms. The first-order valence-corrected chi connectivity index (χ1v) is 7.47. The second kappa shape index (κ2) is 7.11. The molecule has 21 heavy (non-hydrogen) atoms. The number of nitrogens with zero attached hydrogens (tertiary/aromatic N) is 3. The van der Waals surface area contributed by atoms with Crippen molar-refractivity contribution in [1.82, 2.24) is 10.2 Å². The van der Waals surface area contributed by atoms with E-state index >= 15 is 0 Å². The van der Waals surface area contributed by atoms with Crippen LogP contribution in [-0.4, -0.2) is 50.5 Å². The molecule has 0 bridgehead atoms. The van der Waals surface area contributed by atoms with Crippen molar-refractivity contribution in [2.75, 3.05) is 38.6 Å². The van der Waals surface area contributed by atoms with Crippen molar-refractivity contribution < 1.29 is 4.79 Å². The molecule has 1 aliphatic rings. The number of para-hydroxylation sites is 1. The lowest BCUT2D eigenvalue weighted by Crippen LogP contribution is -2.41. The van der Waals surface area contributed by atoms with E-state index in [4.69, 9.17) is 0 Å². The molecule has 1 aromatic carbocycles. The molecule has 0 aromatic heterocycles. The molecule has 0 aliphatic carbocycles. The molecule has 0 fully saturated rings. The van der Waals surface area contributed by atoms with E-state index < -0.39 is 0 Å². The Bertz CT molecular complexity index is 525. The molecule has 1 N–H and O–H groups in total. The number of benzene rings is 1. The van der Waals surface area contributed by atoms with E-state index in [0.717, 1.165) is 31.9 Å². The lowest BCUT2D eigenvalue weighted by atomic mass is 10.2. The predicted octanol–water partition coefficient (Wildman–Crippen LogP) is 1.49. The molecule has 1 amide bonds. The lowest BCUT2D eigenvalue weighted by Gasteiger charge is -2.23. The van der Waals surface area contributed by atoms with Gasteiger partial charge < -0.3 is 15.1 Å². The number of guanidine groups is 1. The summed E-state index contributed by atoms with van der Waals surface area (Å²) in [7, 11) is 3.50. The van der Waals surface area contributed by atoms with Gasteiger partial charge in [0.1, 0.15) is 6.54 Å². The highest BCUT2D eigenvalue weighted by molar-refractivity contribution is 5.99. The largest absolute Gasteiger partial charge is 0.356 e. The van der Waals surface area contributed by atoms with Gasteiger partial charge >= 0.3 is 0 Å². The van der Waals surface area contributed by atoms with E-state index in [2.05, 4.69) is 40.3 Å². The summed E-state index contributed by atoms with van der Waals surface area (Å²) in [6.07, 6.45) is 2.04. The maximum absolute atomic E-state index is 11.8. The number of nitrogens with one attached hydrogen (secondary N) is 1. The number of carbonyl (C=O) groups excluding carboxylic acids is 1. The van der Waals surface area contributed by atoms with E-state index in [1.54, 1.807) is 19.0 Å². The third-order valence-electron chi connectivity index (χ3n) is 3.54. The van der Waals surface area contributed by atoms with E-state index in [0.29, 0.717) is 0 Å². The Kier molecular flexibility index (Phi) is 5.20. The van der Waals surface area contributed by atoms with Crippen molar-refractivity contribution in [1.29, 1.82) is 0 Å². The Morgan fingerprint density at radius 2 is 2.14 bits per heavy atom. The lowest BCUT2D eigenvalue weighted by molar-refractivity contribution is -0.127. The van der Waals surface area contributed by atoms with Gasteiger partial charge in [-0.05, 0) is 24.5 Å². The van der Waals surface area contributed by atoms with E-state index in [1.165, 1.54) is 11.3 Å². The number of aliphatic imine (C=N–C) groups is 1. The van der Waals surface area contributed by atoms with Crippen LogP contribution >= 0.6 is 0 Å². The first-order valence-electron chi connectivity index (χ1n) is 7.47. The first-order chi connectivity index (χ1) is 10.1. The molecule has 0 radical (unpaired) electrons. The van der Waals surface area contributed by atoms with Gasteiger partial charge in [-0.1, -0.05) is 25.1 Å². The van der Waals surface area contributed by atoms with Crippen LogP contribution in [0.2, 0.25) is 0 Å². The molecule has 5 nitrogen and oxygen atoms in total. The Hall–Kier alpha value is -2.04. The van der Waals surface area contributed by atoms with Crippen molar-refractivity contribution in [3.8, 4) is 0 Å². The normalized spacial score (nSPS) is 14.0. The maximum atomic E-state index is 11.8. The van der Waals surface area contributed by atoms with Crippen molar-refractivity contribution >= 4 is 17.6 Å². The Morgan fingerprint density at radius 3 is 2.86 bits per heavy atom. The van der Waals surface area contributed by atoms with E-state index in [9.17, 15) is 4.79 Å². The molecule has 1 heterocycles. The van der Waals surface area contributed by atoms with Crippen LogP contribution in [0.25, 0.3) is 0 Å². The molecule has 0 unspecified atom stereocenters. The molecule has 0 atom stereocenters. The van der Waals surface area contributed by atoms with Crippen molar-refractivity contribution in [2.45, 2.75) is 19.8 Å². The Labute approximate surface area is 126 Å². The van der Waals surface area contributed by atoms with Crippen molar-refractivity contribution in [3.05, 3.63) is 29.8 Å². The number of carbonyl (C=O) groups is 1. The topological polar surface area (TPSA) is 47.9 Å². The van der Waals surface area contributed by atoms with Crippen molar-refractivity contribution in [3.63, 3.8) is 0 Å². The van der Waals surface area contributed by atoms with Crippen LogP contribution in [0.1, 0.15) is 18.9 Å². The van der Waals surface area contributed by atoms with Crippen LogP contribution in [0.4, 0.5) is 5.69 Å². The summed E-state index contributed by atoms with van der Waals surface area (Å²) in [4.78, 5) is 20.0. The second-order valence-corrected chi connectivity index (χ2v) is 5.39. The zero-order chi connectivity index (χ0) is 15.2. The number of hydrogen-bond donors (Lipinski definition) is 1. The minimum absolute atomic E-state index is 0.0123. The van der Waals surface area contributed by atoms with Gasteiger partial charge in [-0.3, -0.25) is 4.79 Å². The summed E-state index contributed by atoms with van der Waals surface area (Å²) in [6, 6.07) is 8.37. The molecule has 0 spiro atoms. The van der Waals surface area contributed by atoms with Crippen molar-refractivity contribution in [2.24, 2.45) is 4.99 Å². The minimum atomic E-state index is 0.0123. The summed E-state index contributed by atoms with van der Waals surface area (Å²) < 4.78 is 0. The SMILES string of the molecule is CCCNC(=NCC(=O)N(C)C)N1CCc2ccccc21. The van der Waals surface area contributed by atoms with Crippen LogP contribution < -0.4 is 10.2 Å². The average Bonchev–Trinajstić information content (AvgIpc) is 2.91. The highest BCUT2D eigenvalue weighted by atomic mass is 16.2. The summed E-state index contributed by atoms with van der Waals surface area (Å²) in [6.45, 7) is 4.06. The Balaban J connectivity index is 2.17. The number of rotatable bonds is 4. The fourth-order valence-corrected chi connectivity index (χ4v) is 2.32. The number of hydrogen-bond acceptors (Lipinski definition) is 2. The third-order valence-corrected chi connectivity index (χ3v) is 3.54. The molecular weight excluding hydrogens is 264 g/mol.